The summed E-state index contributed by atoms with van der Waals surface area (Å²) in [6.45, 7) is 6.82. The zero-order chi connectivity index (χ0) is 15.9. The van der Waals surface area contributed by atoms with Gasteiger partial charge in [0.15, 0.2) is 0 Å². The smallest absolute Gasteiger partial charge is 0.251 e. The Labute approximate surface area is 140 Å². The van der Waals surface area contributed by atoms with Crippen molar-refractivity contribution in [2.45, 2.75) is 20.4 Å². The molecule has 2 aromatic rings. The van der Waals surface area contributed by atoms with E-state index < -0.39 is 0 Å². The highest BCUT2D eigenvalue weighted by Gasteiger charge is 2.05. The summed E-state index contributed by atoms with van der Waals surface area (Å²) in [5, 5.41) is 2.94. The molecule has 2 aromatic carbocycles. The molecular formula is C18H21BrN2O. The average molecular weight is 361 g/mol. The van der Waals surface area contributed by atoms with Gasteiger partial charge in [-0.25, -0.2) is 0 Å². The molecule has 2 rings (SSSR count). The third kappa shape index (κ3) is 4.34. The first kappa shape index (κ1) is 16.6. The first-order chi connectivity index (χ1) is 10.6. The van der Waals surface area contributed by atoms with E-state index in [2.05, 4.69) is 64.3 Å². The molecule has 0 heterocycles. The lowest BCUT2D eigenvalue weighted by molar-refractivity contribution is 0.0951. The predicted molar refractivity (Wildman–Crippen MR) is 95.3 cm³/mol. The Morgan fingerprint density at radius 1 is 1.00 bits per heavy atom. The number of hydrogen-bond donors (Lipinski definition) is 1. The molecule has 0 bridgehead atoms. The molecule has 0 aliphatic rings. The quantitative estimate of drug-likeness (QED) is 0.835. The SMILES string of the molecule is CCN(CC)c1ccc(CNC(=O)c2ccc(Br)cc2)cc1. The Bertz CT molecular complexity index is 604. The van der Waals surface area contributed by atoms with Gasteiger partial charge in [-0.3, -0.25) is 4.79 Å². The van der Waals surface area contributed by atoms with Gasteiger partial charge in [0.25, 0.3) is 5.91 Å². The Balaban J connectivity index is 1.94. The minimum absolute atomic E-state index is 0.0553. The molecule has 4 heteroatoms. The number of hydrogen-bond acceptors (Lipinski definition) is 2. The van der Waals surface area contributed by atoms with E-state index in [0.29, 0.717) is 12.1 Å². The molecule has 0 aromatic heterocycles. The van der Waals surface area contributed by atoms with E-state index in [4.69, 9.17) is 0 Å². The second kappa shape index (κ2) is 7.99. The molecule has 0 saturated carbocycles. The summed E-state index contributed by atoms with van der Waals surface area (Å²) in [5.41, 5.74) is 2.98. The van der Waals surface area contributed by atoms with Crippen molar-refractivity contribution < 1.29 is 4.79 Å². The number of nitrogens with one attached hydrogen (secondary N) is 1. The number of carbonyl (C=O) groups is 1. The van der Waals surface area contributed by atoms with Crippen molar-refractivity contribution in [3.63, 3.8) is 0 Å². The standard InChI is InChI=1S/C18H21BrN2O/c1-3-21(4-2)17-11-5-14(6-12-17)13-20-18(22)15-7-9-16(19)10-8-15/h5-12H,3-4,13H2,1-2H3,(H,20,22). The van der Waals surface area contributed by atoms with Crippen molar-refractivity contribution in [3.8, 4) is 0 Å². The van der Waals surface area contributed by atoms with Gasteiger partial charge in [0.05, 0.1) is 0 Å². The van der Waals surface area contributed by atoms with Gasteiger partial charge in [0.2, 0.25) is 0 Å². The van der Waals surface area contributed by atoms with Crippen molar-refractivity contribution in [1.82, 2.24) is 5.32 Å². The Morgan fingerprint density at radius 2 is 1.59 bits per heavy atom. The van der Waals surface area contributed by atoms with Crippen LogP contribution in [0.15, 0.2) is 53.0 Å². The van der Waals surface area contributed by atoms with Gasteiger partial charge < -0.3 is 10.2 Å². The Morgan fingerprint density at radius 3 is 2.14 bits per heavy atom. The number of benzene rings is 2. The number of amides is 1. The van der Waals surface area contributed by atoms with Crippen LogP contribution in [0.1, 0.15) is 29.8 Å². The zero-order valence-corrected chi connectivity index (χ0v) is 14.6. The lowest BCUT2D eigenvalue weighted by atomic mass is 10.1. The second-order valence-electron chi connectivity index (χ2n) is 5.03. The number of carbonyl (C=O) groups excluding carboxylic acids is 1. The van der Waals surface area contributed by atoms with E-state index in [0.717, 1.165) is 23.1 Å². The van der Waals surface area contributed by atoms with Crippen LogP contribution in [-0.4, -0.2) is 19.0 Å². The fourth-order valence-electron chi connectivity index (χ4n) is 2.30. The van der Waals surface area contributed by atoms with E-state index in [1.807, 2.05) is 24.3 Å². The van der Waals surface area contributed by atoms with Gasteiger partial charge >= 0.3 is 0 Å². The average Bonchev–Trinajstić information content (AvgIpc) is 2.55. The fourth-order valence-corrected chi connectivity index (χ4v) is 2.56. The minimum Gasteiger partial charge on any atom is -0.372 e. The molecule has 0 saturated heterocycles. The number of anilines is 1. The lowest BCUT2D eigenvalue weighted by Crippen LogP contribution is -2.23. The van der Waals surface area contributed by atoms with E-state index in [1.54, 1.807) is 0 Å². The molecule has 0 unspecified atom stereocenters. The van der Waals surface area contributed by atoms with Gasteiger partial charge in [-0.15, -0.1) is 0 Å². The van der Waals surface area contributed by atoms with Crippen LogP contribution in [0.3, 0.4) is 0 Å². The molecule has 22 heavy (non-hydrogen) atoms. The van der Waals surface area contributed by atoms with Crippen molar-refractivity contribution in [3.05, 3.63) is 64.1 Å². The molecule has 0 aliphatic heterocycles. The van der Waals surface area contributed by atoms with Crippen LogP contribution in [0, 0.1) is 0 Å². The van der Waals surface area contributed by atoms with Crippen LogP contribution < -0.4 is 10.2 Å². The molecule has 3 nitrogen and oxygen atoms in total. The van der Waals surface area contributed by atoms with E-state index >= 15 is 0 Å². The topological polar surface area (TPSA) is 32.3 Å². The lowest BCUT2D eigenvalue weighted by Gasteiger charge is -2.21. The summed E-state index contributed by atoms with van der Waals surface area (Å²) in [7, 11) is 0. The Kier molecular flexibility index (Phi) is 6.01. The van der Waals surface area contributed by atoms with E-state index in [9.17, 15) is 4.79 Å². The summed E-state index contributed by atoms with van der Waals surface area (Å²) in [5.74, 6) is -0.0553. The maximum absolute atomic E-state index is 12.1. The summed E-state index contributed by atoms with van der Waals surface area (Å²) in [4.78, 5) is 14.4. The van der Waals surface area contributed by atoms with Crippen LogP contribution in [-0.2, 0) is 6.54 Å². The Hall–Kier alpha value is -1.81. The van der Waals surface area contributed by atoms with Gasteiger partial charge in [-0.1, -0.05) is 28.1 Å². The summed E-state index contributed by atoms with van der Waals surface area (Å²) < 4.78 is 0.969. The number of nitrogens with zero attached hydrogens (tertiary/aromatic N) is 1. The molecule has 0 spiro atoms. The van der Waals surface area contributed by atoms with Crippen LogP contribution in [0.25, 0.3) is 0 Å². The van der Waals surface area contributed by atoms with Crippen LogP contribution in [0.4, 0.5) is 5.69 Å². The summed E-state index contributed by atoms with van der Waals surface area (Å²) in [6, 6.07) is 15.7. The number of halogens is 1. The monoisotopic (exact) mass is 360 g/mol. The first-order valence-corrected chi connectivity index (χ1v) is 8.31. The largest absolute Gasteiger partial charge is 0.372 e. The van der Waals surface area contributed by atoms with Gasteiger partial charge in [-0.2, -0.15) is 0 Å². The molecule has 0 aliphatic carbocycles. The van der Waals surface area contributed by atoms with Crippen molar-refractivity contribution in [1.29, 1.82) is 0 Å². The molecule has 0 radical (unpaired) electrons. The normalized spacial score (nSPS) is 10.3. The van der Waals surface area contributed by atoms with Crippen molar-refractivity contribution >= 4 is 27.5 Å². The van der Waals surface area contributed by atoms with E-state index in [1.165, 1.54) is 5.69 Å². The maximum atomic E-state index is 12.1. The molecular weight excluding hydrogens is 340 g/mol. The summed E-state index contributed by atoms with van der Waals surface area (Å²) in [6.07, 6.45) is 0. The molecule has 116 valence electrons. The molecule has 1 amide bonds. The van der Waals surface area contributed by atoms with Gasteiger partial charge in [-0.05, 0) is 55.8 Å². The second-order valence-corrected chi connectivity index (χ2v) is 5.94. The predicted octanol–water partition coefficient (Wildman–Crippen LogP) is 4.23. The first-order valence-electron chi connectivity index (χ1n) is 7.51. The fraction of sp³-hybridized carbons (Fsp3) is 0.278. The molecule has 1 N–H and O–H groups in total. The third-order valence-corrected chi connectivity index (χ3v) is 4.15. The van der Waals surface area contributed by atoms with Crippen LogP contribution >= 0.6 is 15.9 Å². The highest BCUT2D eigenvalue weighted by molar-refractivity contribution is 9.10. The van der Waals surface area contributed by atoms with E-state index in [-0.39, 0.29) is 5.91 Å². The highest BCUT2D eigenvalue weighted by Crippen LogP contribution is 2.15. The summed E-state index contributed by atoms with van der Waals surface area (Å²) >= 11 is 3.36. The van der Waals surface area contributed by atoms with Crippen LogP contribution in [0.5, 0.6) is 0 Å². The highest BCUT2D eigenvalue weighted by atomic mass is 79.9. The maximum Gasteiger partial charge on any atom is 0.251 e. The van der Waals surface area contributed by atoms with Crippen molar-refractivity contribution in [2.75, 3.05) is 18.0 Å². The third-order valence-electron chi connectivity index (χ3n) is 3.62. The molecule has 0 fully saturated rings. The molecule has 0 atom stereocenters. The van der Waals surface area contributed by atoms with Crippen molar-refractivity contribution in [2.24, 2.45) is 0 Å². The van der Waals surface area contributed by atoms with Crippen LogP contribution in [0.2, 0.25) is 0 Å². The number of rotatable bonds is 6. The van der Waals surface area contributed by atoms with Gasteiger partial charge in [0, 0.05) is 35.4 Å². The minimum atomic E-state index is -0.0553. The van der Waals surface area contributed by atoms with Gasteiger partial charge in [0.1, 0.15) is 0 Å². The zero-order valence-electron chi connectivity index (χ0n) is 13.0.